The summed E-state index contributed by atoms with van der Waals surface area (Å²) in [6, 6.07) is 13.9. The van der Waals surface area contributed by atoms with Gasteiger partial charge in [-0.15, -0.1) is 0 Å². The minimum absolute atomic E-state index is 0.0414. The Morgan fingerprint density at radius 1 is 1.03 bits per heavy atom. The number of carbonyl (C=O) groups is 3. The predicted molar refractivity (Wildman–Crippen MR) is 122 cm³/mol. The molecule has 1 aliphatic carbocycles. The van der Waals surface area contributed by atoms with Crippen LogP contribution in [0.25, 0.3) is 11.1 Å². The van der Waals surface area contributed by atoms with E-state index in [0.717, 1.165) is 27.2 Å². The zero-order chi connectivity index (χ0) is 24.8. The van der Waals surface area contributed by atoms with E-state index in [-0.39, 0.29) is 25.0 Å². The van der Waals surface area contributed by atoms with Crippen molar-refractivity contribution in [2.75, 3.05) is 19.7 Å². The summed E-state index contributed by atoms with van der Waals surface area (Å²) < 4.78 is 31.7. The van der Waals surface area contributed by atoms with Crippen LogP contribution in [0.15, 0.2) is 48.5 Å². The van der Waals surface area contributed by atoms with Crippen LogP contribution < -0.4 is 5.32 Å². The lowest BCUT2D eigenvalue weighted by atomic mass is 9.98. The lowest BCUT2D eigenvalue weighted by molar-refractivity contribution is -0.146. The molecule has 9 heteroatoms. The van der Waals surface area contributed by atoms with Crippen LogP contribution in [-0.2, 0) is 14.3 Å². The molecular formula is C25H28F2N2O5. The molecule has 0 spiro atoms. The number of amides is 2. The highest BCUT2D eigenvalue weighted by atomic mass is 19.3. The summed E-state index contributed by atoms with van der Waals surface area (Å²) in [5.41, 5.74) is 4.05. The third kappa shape index (κ3) is 6.09. The molecule has 0 saturated carbocycles. The number of aliphatic carboxylic acids is 1. The summed E-state index contributed by atoms with van der Waals surface area (Å²) in [5, 5.41) is 11.3. The predicted octanol–water partition coefficient (Wildman–Crippen LogP) is 4.12. The summed E-state index contributed by atoms with van der Waals surface area (Å²) in [7, 11) is 0. The maximum absolute atomic E-state index is 13.2. The van der Waals surface area contributed by atoms with Crippen molar-refractivity contribution in [3.8, 4) is 11.1 Å². The van der Waals surface area contributed by atoms with Crippen LogP contribution in [0.3, 0.4) is 0 Å². The van der Waals surface area contributed by atoms with Crippen molar-refractivity contribution in [1.29, 1.82) is 0 Å². The van der Waals surface area contributed by atoms with Gasteiger partial charge in [0.2, 0.25) is 12.3 Å². The summed E-state index contributed by atoms with van der Waals surface area (Å²) in [6.07, 6.45) is -4.84. The fourth-order valence-electron chi connectivity index (χ4n) is 4.24. The van der Waals surface area contributed by atoms with E-state index in [9.17, 15) is 23.2 Å². The molecule has 0 radical (unpaired) electrons. The summed E-state index contributed by atoms with van der Waals surface area (Å²) in [6.45, 7) is 2.90. The second-order valence-corrected chi connectivity index (χ2v) is 8.66. The van der Waals surface area contributed by atoms with E-state index in [4.69, 9.17) is 9.84 Å². The Bertz CT molecular complexity index is 998. The standard InChI is InChI=1S/C25H28F2N2O5/c1-15(2)12-29(13-23(30)31)24(32)21(11-22(26)27)28-25(33)34-14-20-18-9-5-3-7-16(18)17-8-4-6-10-19(17)20/h3-10,15,20-22H,11-14H2,1-2H3,(H,28,33)(H,30,31). The molecule has 0 fully saturated rings. The van der Waals surface area contributed by atoms with Crippen LogP contribution in [0.5, 0.6) is 0 Å². The number of ether oxygens (including phenoxy) is 1. The first-order valence-corrected chi connectivity index (χ1v) is 11.1. The number of nitrogens with one attached hydrogen (secondary N) is 1. The number of hydrogen-bond acceptors (Lipinski definition) is 4. The van der Waals surface area contributed by atoms with Crippen molar-refractivity contribution in [3.05, 3.63) is 59.7 Å². The van der Waals surface area contributed by atoms with Crippen molar-refractivity contribution < 1.29 is 33.0 Å². The molecule has 0 bridgehead atoms. The Morgan fingerprint density at radius 2 is 1.59 bits per heavy atom. The molecule has 1 aliphatic rings. The number of carboxylic acids is 1. The molecular weight excluding hydrogens is 446 g/mol. The zero-order valence-electron chi connectivity index (χ0n) is 19.0. The quantitative estimate of drug-likeness (QED) is 0.540. The highest BCUT2D eigenvalue weighted by molar-refractivity contribution is 5.88. The van der Waals surface area contributed by atoms with Gasteiger partial charge in [0.1, 0.15) is 19.2 Å². The van der Waals surface area contributed by atoms with Gasteiger partial charge < -0.3 is 20.1 Å². The molecule has 2 amide bonds. The number of rotatable bonds is 10. The molecule has 2 aromatic carbocycles. The molecule has 2 aromatic rings. The largest absolute Gasteiger partial charge is 0.480 e. The van der Waals surface area contributed by atoms with Gasteiger partial charge in [0.15, 0.2) is 0 Å². The number of halogens is 2. The number of hydrogen-bond donors (Lipinski definition) is 2. The van der Waals surface area contributed by atoms with Crippen molar-refractivity contribution >= 4 is 18.0 Å². The van der Waals surface area contributed by atoms with Crippen molar-refractivity contribution in [2.45, 2.75) is 38.7 Å². The fourth-order valence-corrected chi connectivity index (χ4v) is 4.24. The summed E-state index contributed by atoms with van der Waals surface area (Å²) in [5.74, 6) is -2.48. The number of alkyl carbamates (subject to hydrolysis) is 1. The Labute approximate surface area is 196 Å². The summed E-state index contributed by atoms with van der Waals surface area (Å²) in [4.78, 5) is 37.5. The SMILES string of the molecule is CC(C)CN(CC(=O)O)C(=O)C(CC(F)F)NC(=O)OCC1c2ccccc2-c2ccccc21. The molecule has 0 aromatic heterocycles. The normalized spacial score (nSPS) is 13.4. The molecule has 3 rings (SSSR count). The topological polar surface area (TPSA) is 95.9 Å². The maximum Gasteiger partial charge on any atom is 0.407 e. The second kappa shape index (κ2) is 11.1. The number of fused-ring (bicyclic) bond motifs is 3. The number of alkyl halides is 2. The third-order valence-corrected chi connectivity index (χ3v) is 5.57. The van der Waals surface area contributed by atoms with E-state index in [1.807, 2.05) is 48.5 Å². The van der Waals surface area contributed by atoms with Gasteiger partial charge in [0, 0.05) is 18.9 Å². The third-order valence-electron chi connectivity index (χ3n) is 5.57. The fraction of sp³-hybridized carbons (Fsp3) is 0.400. The summed E-state index contributed by atoms with van der Waals surface area (Å²) >= 11 is 0. The average molecular weight is 475 g/mol. The second-order valence-electron chi connectivity index (χ2n) is 8.66. The van der Waals surface area contributed by atoms with Gasteiger partial charge in [-0.25, -0.2) is 13.6 Å². The van der Waals surface area contributed by atoms with E-state index < -0.39 is 43.4 Å². The van der Waals surface area contributed by atoms with E-state index in [1.54, 1.807) is 13.8 Å². The van der Waals surface area contributed by atoms with Gasteiger partial charge in [-0.05, 0) is 28.2 Å². The first kappa shape index (κ1) is 25.1. The van der Waals surface area contributed by atoms with Crippen LogP contribution in [0, 0.1) is 5.92 Å². The molecule has 7 nitrogen and oxygen atoms in total. The lowest BCUT2D eigenvalue weighted by Gasteiger charge is -2.28. The number of carbonyl (C=O) groups excluding carboxylic acids is 2. The highest BCUT2D eigenvalue weighted by Gasteiger charge is 2.32. The molecule has 1 atom stereocenters. The Morgan fingerprint density at radius 3 is 2.09 bits per heavy atom. The lowest BCUT2D eigenvalue weighted by Crippen LogP contribution is -2.51. The van der Waals surface area contributed by atoms with Crippen LogP contribution in [0.4, 0.5) is 13.6 Å². The smallest absolute Gasteiger partial charge is 0.407 e. The maximum atomic E-state index is 13.2. The Hall–Kier alpha value is -3.49. The van der Waals surface area contributed by atoms with Crippen molar-refractivity contribution in [2.24, 2.45) is 5.92 Å². The highest BCUT2D eigenvalue weighted by Crippen LogP contribution is 2.44. The van der Waals surface area contributed by atoms with E-state index in [2.05, 4.69) is 5.32 Å². The van der Waals surface area contributed by atoms with Gasteiger partial charge in [0.25, 0.3) is 0 Å². The van der Waals surface area contributed by atoms with Crippen LogP contribution >= 0.6 is 0 Å². The van der Waals surface area contributed by atoms with E-state index in [0.29, 0.717) is 0 Å². The van der Waals surface area contributed by atoms with Crippen LogP contribution in [-0.4, -0.2) is 60.1 Å². The minimum atomic E-state index is -2.88. The van der Waals surface area contributed by atoms with E-state index >= 15 is 0 Å². The number of nitrogens with zero attached hydrogens (tertiary/aromatic N) is 1. The molecule has 2 N–H and O–H groups in total. The molecule has 0 aliphatic heterocycles. The first-order valence-electron chi connectivity index (χ1n) is 11.1. The monoisotopic (exact) mass is 474 g/mol. The molecule has 1 unspecified atom stereocenters. The Balaban J connectivity index is 1.71. The minimum Gasteiger partial charge on any atom is -0.480 e. The molecule has 182 valence electrons. The van der Waals surface area contributed by atoms with Crippen molar-refractivity contribution in [1.82, 2.24) is 10.2 Å². The number of benzene rings is 2. The Kier molecular flexibility index (Phi) is 8.20. The van der Waals surface area contributed by atoms with Gasteiger partial charge >= 0.3 is 12.1 Å². The number of carboxylic acid groups (broad SMARTS) is 1. The van der Waals surface area contributed by atoms with Gasteiger partial charge in [0.05, 0.1) is 0 Å². The zero-order valence-corrected chi connectivity index (χ0v) is 19.0. The first-order chi connectivity index (χ1) is 16.2. The van der Waals surface area contributed by atoms with Crippen LogP contribution in [0.1, 0.15) is 37.3 Å². The van der Waals surface area contributed by atoms with E-state index in [1.165, 1.54) is 0 Å². The average Bonchev–Trinajstić information content (AvgIpc) is 3.09. The van der Waals surface area contributed by atoms with Crippen molar-refractivity contribution in [3.63, 3.8) is 0 Å². The van der Waals surface area contributed by atoms with Gasteiger partial charge in [-0.3, -0.25) is 9.59 Å². The van der Waals surface area contributed by atoms with Gasteiger partial charge in [-0.1, -0.05) is 62.4 Å². The molecule has 0 heterocycles. The molecule has 0 saturated heterocycles. The molecule has 34 heavy (non-hydrogen) atoms. The van der Waals surface area contributed by atoms with Crippen LogP contribution in [0.2, 0.25) is 0 Å². The van der Waals surface area contributed by atoms with Gasteiger partial charge in [-0.2, -0.15) is 0 Å².